The Hall–Kier alpha value is -2.08. The lowest BCUT2D eigenvalue weighted by molar-refractivity contribution is -0.131. The monoisotopic (exact) mass is 474 g/mol. The average molecular weight is 474 g/mol. The van der Waals surface area contributed by atoms with Gasteiger partial charge in [-0.05, 0) is 46.4 Å². The predicted octanol–water partition coefficient (Wildman–Crippen LogP) is 5.85. The average Bonchev–Trinajstić information content (AvgIpc) is 2.72. The van der Waals surface area contributed by atoms with Crippen molar-refractivity contribution in [2.75, 3.05) is 6.61 Å². The summed E-state index contributed by atoms with van der Waals surface area (Å²) in [5.41, 5.74) is 3.54. The Morgan fingerprint density at radius 2 is 1.70 bits per heavy atom. The van der Waals surface area contributed by atoms with E-state index in [-0.39, 0.29) is 5.97 Å². The molecule has 4 heteroatoms. The first-order valence-corrected chi connectivity index (χ1v) is 10.1. The van der Waals surface area contributed by atoms with Gasteiger partial charge in [0.2, 0.25) is 0 Å². The third-order valence-electron chi connectivity index (χ3n) is 4.69. The van der Waals surface area contributed by atoms with Crippen LogP contribution in [0.2, 0.25) is 0 Å². The molecule has 0 amide bonds. The summed E-state index contributed by atoms with van der Waals surface area (Å²) in [6, 6.07) is 21.2. The highest BCUT2D eigenvalue weighted by Crippen LogP contribution is 2.23. The van der Waals surface area contributed by atoms with Crippen molar-refractivity contribution < 1.29 is 12.6 Å². The Morgan fingerprint density at radius 3 is 2.48 bits per heavy atom. The van der Waals surface area contributed by atoms with Crippen LogP contribution in [0.5, 0.6) is 5.75 Å². The van der Waals surface area contributed by atoms with Gasteiger partial charge >= 0.3 is 5.97 Å². The molecule has 0 unspecified atom stereocenters. The Bertz CT molecular complexity index is 920. The second kappa shape index (κ2) is 9.74. The highest BCUT2D eigenvalue weighted by atomic mass is 127. The van der Waals surface area contributed by atoms with E-state index in [2.05, 4.69) is 67.6 Å². The smallest absolute Gasteiger partial charge is 0.315 e. The lowest BCUT2D eigenvalue weighted by Gasteiger charge is -2.13. The Balaban J connectivity index is 1.66. The van der Waals surface area contributed by atoms with E-state index in [4.69, 9.17) is 7.80 Å². The van der Waals surface area contributed by atoms with Gasteiger partial charge in [-0.2, -0.15) is 0 Å². The van der Waals surface area contributed by atoms with Crippen LogP contribution in [0.15, 0.2) is 60.7 Å². The standard InChI is InChI=1S/C23H23IO3/c1-2-17-7-10-20(11-12-23(25)27-24)22(16-17)26-14-13-18-8-9-19-5-3-4-6-21(19)15-18/h3-10,15-16H,2,11-14H2,1H3. The molecule has 0 aliphatic rings. The molecule has 0 saturated heterocycles. The van der Waals surface area contributed by atoms with Crippen molar-refractivity contribution in [3.8, 4) is 5.75 Å². The molecule has 0 saturated carbocycles. The summed E-state index contributed by atoms with van der Waals surface area (Å²) in [6.07, 6.45) is 2.78. The molecule has 27 heavy (non-hydrogen) atoms. The fourth-order valence-electron chi connectivity index (χ4n) is 3.11. The van der Waals surface area contributed by atoms with Gasteiger partial charge in [-0.15, -0.1) is 0 Å². The van der Waals surface area contributed by atoms with E-state index in [0.29, 0.717) is 19.4 Å². The maximum absolute atomic E-state index is 11.5. The maximum Gasteiger partial charge on any atom is 0.315 e. The third kappa shape index (κ3) is 5.45. The molecular weight excluding hydrogens is 451 g/mol. The fourth-order valence-corrected chi connectivity index (χ4v) is 3.33. The molecule has 0 bridgehead atoms. The zero-order chi connectivity index (χ0) is 19.1. The molecule has 0 heterocycles. The Labute approximate surface area is 174 Å². The predicted molar refractivity (Wildman–Crippen MR) is 117 cm³/mol. The molecule has 0 atom stereocenters. The van der Waals surface area contributed by atoms with Gasteiger partial charge in [0, 0.05) is 6.42 Å². The minimum absolute atomic E-state index is 0.211. The number of halogens is 1. The quantitative estimate of drug-likeness (QED) is 0.385. The van der Waals surface area contributed by atoms with Gasteiger partial charge in [0.1, 0.15) is 5.75 Å². The summed E-state index contributed by atoms with van der Waals surface area (Å²) in [7, 11) is 0. The van der Waals surface area contributed by atoms with Gasteiger partial charge in [0.25, 0.3) is 0 Å². The number of benzene rings is 3. The zero-order valence-corrected chi connectivity index (χ0v) is 17.6. The molecule has 3 nitrogen and oxygen atoms in total. The van der Waals surface area contributed by atoms with E-state index in [1.165, 1.54) is 21.9 Å². The van der Waals surface area contributed by atoms with Crippen LogP contribution in [0.1, 0.15) is 30.0 Å². The van der Waals surface area contributed by atoms with Crippen molar-refractivity contribution in [2.24, 2.45) is 0 Å². The minimum Gasteiger partial charge on any atom is -0.493 e. The molecule has 0 aromatic heterocycles. The van der Waals surface area contributed by atoms with Crippen molar-refractivity contribution in [3.05, 3.63) is 77.4 Å². The molecule has 3 aromatic rings. The molecular formula is C23H23IO3. The fraction of sp³-hybridized carbons (Fsp3) is 0.261. The Morgan fingerprint density at radius 1 is 0.926 bits per heavy atom. The maximum atomic E-state index is 11.5. The summed E-state index contributed by atoms with van der Waals surface area (Å²) in [4.78, 5) is 11.5. The van der Waals surface area contributed by atoms with Crippen molar-refractivity contribution in [3.63, 3.8) is 0 Å². The number of carbonyl (C=O) groups excluding carboxylic acids is 1. The molecule has 0 fully saturated rings. The highest BCUT2D eigenvalue weighted by Gasteiger charge is 2.09. The van der Waals surface area contributed by atoms with E-state index in [0.717, 1.165) is 24.2 Å². The van der Waals surface area contributed by atoms with Crippen molar-refractivity contribution in [2.45, 2.75) is 32.6 Å². The van der Waals surface area contributed by atoms with E-state index in [1.54, 1.807) is 23.0 Å². The summed E-state index contributed by atoms with van der Waals surface area (Å²) in [5.74, 6) is 0.661. The van der Waals surface area contributed by atoms with Crippen LogP contribution in [-0.4, -0.2) is 12.6 Å². The van der Waals surface area contributed by atoms with Gasteiger partial charge in [-0.1, -0.05) is 61.5 Å². The second-order valence-electron chi connectivity index (χ2n) is 6.52. The largest absolute Gasteiger partial charge is 0.493 e. The van der Waals surface area contributed by atoms with Crippen molar-refractivity contribution in [1.29, 1.82) is 0 Å². The number of hydrogen-bond acceptors (Lipinski definition) is 3. The first-order valence-electron chi connectivity index (χ1n) is 9.23. The van der Waals surface area contributed by atoms with Gasteiger partial charge in [0.15, 0.2) is 23.0 Å². The highest BCUT2D eigenvalue weighted by molar-refractivity contribution is 14.1. The van der Waals surface area contributed by atoms with Crippen molar-refractivity contribution in [1.82, 2.24) is 0 Å². The lowest BCUT2D eigenvalue weighted by atomic mass is 10.0. The van der Waals surface area contributed by atoms with Crippen LogP contribution in [0, 0.1) is 0 Å². The first-order chi connectivity index (χ1) is 13.2. The molecule has 0 aliphatic heterocycles. The molecule has 0 radical (unpaired) electrons. The number of rotatable bonds is 8. The van der Waals surface area contributed by atoms with Crippen LogP contribution in [-0.2, 0) is 27.1 Å². The summed E-state index contributed by atoms with van der Waals surface area (Å²) in [5, 5.41) is 2.50. The van der Waals surface area contributed by atoms with Gasteiger partial charge in [-0.3, -0.25) is 4.79 Å². The summed E-state index contributed by atoms with van der Waals surface area (Å²) < 4.78 is 10.8. The molecule has 3 rings (SSSR count). The number of ether oxygens (including phenoxy) is 1. The lowest BCUT2D eigenvalue weighted by Crippen LogP contribution is -2.06. The minimum atomic E-state index is -0.211. The molecule has 3 aromatic carbocycles. The summed E-state index contributed by atoms with van der Waals surface area (Å²) >= 11 is 1.63. The van der Waals surface area contributed by atoms with E-state index >= 15 is 0 Å². The van der Waals surface area contributed by atoms with Crippen LogP contribution in [0.4, 0.5) is 0 Å². The zero-order valence-electron chi connectivity index (χ0n) is 15.4. The normalized spacial score (nSPS) is 10.7. The first kappa shape index (κ1) is 19.7. The van der Waals surface area contributed by atoms with Crippen LogP contribution < -0.4 is 4.74 Å². The molecule has 0 N–H and O–H groups in total. The van der Waals surface area contributed by atoms with Crippen LogP contribution in [0.3, 0.4) is 0 Å². The van der Waals surface area contributed by atoms with E-state index < -0.39 is 0 Å². The van der Waals surface area contributed by atoms with Gasteiger partial charge in [-0.25, -0.2) is 0 Å². The Kier molecular flexibility index (Phi) is 7.10. The number of aryl methyl sites for hydroxylation is 2. The topological polar surface area (TPSA) is 35.5 Å². The SMILES string of the molecule is CCc1ccc(CCC(=O)OI)c(OCCc2ccc3ccccc3c2)c1. The molecule has 0 aliphatic carbocycles. The number of hydrogen-bond donors (Lipinski definition) is 0. The molecule has 140 valence electrons. The summed E-state index contributed by atoms with van der Waals surface area (Å²) in [6.45, 7) is 2.73. The van der Waals surface area contributed by atoms with Crippen LogP contribution in [0.25, 0.3) is 10.8 Å². The third-order valence-corrected chi connectivity index (χ3v) is 5.18. The second-order valence-corrected chi connectivity index (χ2v) is 6.97. The van der Waals surface area contributed by atoms with E-state index in [9.17, 15) is 4.79 Å². The van der Waals surface area contributed by atoms with Gasteiger partial charge < -0.3 is 7.80 Å². The van der Waals surface area contributed by atoms with Gasteiger partial charge in [0.05, 0.1) is 13.0 Å². The van der Waals surface area contributed by atoms with Crippen molar-refractivity contribution >= 4 is 39.7 Å². The van der Waals surface area contributed by atoms with Crippen LogP contribution >= 0.6 is 23.0 Å². The van der Waals surface area contributed by atoms with E-state index in [1.807, 2.05) is 0 Å². The molecule has 0 spiro atoms. The number of carbonyl (C=O) groups is 1. The number of fused-ring (bicyclic) bond motifs is 1.